The van der Waals surface area contributed by atoms with Crippen molar-refractivity contribution in [1.29, 1.82) is 0 Å². The van der Waals surface area contributed by atoms with Gasteiger partial charge in [0.1, 0.15) is 5.57 Å². The van der Waals surface area contributed by atoms with Crippen LogP contribution < -0.4 is 14.8 Å². The summed E-state index contributed by atoms with van der Waals surface area (Å²) >= 11 is 5.02. The summed E-state index contributed by atoms with van der Waals surface area (Å²) < 4.78 is 10.5. The second-order valence-corrected chi connectivity index (χ2v) is 5.47. The molecule has 1 aliphatic heterocycles. The van der Waals surface area contributed by atoms with E-state index in [1.54, 1.807) is 25.3 Å². The summed E-state index contributed by atoms with van der Waals surface area (Å²) in [4.78, 5) is 26.0. The highest BCUT2D eigenvalue weighted by Gasteiger charge is 2.32. The van der Waals surface area contributed by atoms with Gasteiger partial charge in [-0.05, 0) is 48.5 Å². The summed E-state index contributed by atoms with van der Waals surface area (Å²) in [5, 5.41) is 2.59. The molecule has 0 radical (unpaired) electrons. The van der Waals surface area contributed by atoms with Gasteiger partial charge < -0.3 is 9.47 Å². The zero-order chi connectivity index (χ0) is 17.9. The Hall–Kier alpha value is -2.67. The Morgan fingerprint density at radius 1 is 1.25 bits per heavy atom. The maximum atomic E-state index is 12.5. The maximum absolute atomic E-state index is 12.5. The van der Waals surface area contributed by atoms with Gasteiger partial charge in [0.25, 0.3) is 11.8 Å². The molecule has 0 saturated carbocycles. The Labute approximate surface area is 145 Å². The molecule has 0 atom stereocenters. The van der Waals surface area contributed by atoms with Gasteiger partial charge in [-0.3, -0.25) is 19.8 Å². The van der Waals surface area contributed by atoms with Gasteiger partial charge in [0.2, 0.25) is 0 Å². The number of rotatable bonds is 5. The molecule has 126 valence electrons. The lowest BCUT2D eigenvalue weighted by Gasteiger charge is -2.27. The molecule has 7 heteroatoms. The third-order valence-electron chi connectivity index (χ3n) is 3.57. The summed E-state index contributed by atoms with van der Waals surface area (Å²) in [6.07, 6.45) is 3.06. The quantitative estimate of drug-likeness (QED) is 0.381. The van der Waals surface area contributed by atoms with E-state index < -0.39 is 11.8 Å². The molecule has 1 heterocycles. The third-order valence-corrected chi connectivity index (χ3v) is 3.89. The number of hydrogen-bond donors (Lipinski definition) is 1. The summed E-state index contributed by atoms with van der Waals surface area (Å²) in [5.74, 6) is 0.0976. The average molecular weight is 346 g/mol. The Morgan fingerprint density at radius 3 is 2.46 bits per heavy atom. The first-order valence-corrected chi connectivity index (χ1v) is 7.56. The summed E-state index contributed by atoms with van der Waals surface area (Å²) in [5.41, 5.74) is 1.52. The van der Waals surface area contributed by atoms with Crippen molar-refractivity contribution in [3.05, 3.63) is 41.5 Å². The molecule has 0 spiro atoms. The van der Waals surface area contributed by atoms with E-state index >= 15 is 0 Å². The van der Waals surface area contributed by atoms with Crippen LogP contribution in [0.1, 0.15) is 11.1 Å². The largest absolute Gasteiger partial charge is 0.493 e. The summed E-state index contributed by atoms with van der Waals surface area (Å²) in [6, 6.07) is 3.50. The van der Waals surface area contributed by atoms with E-state index in [0.29, 0.717) is 17.1 Å². The van der Waals surface area contributed by atoms with Gasteiger partial charge in [0, 0.05) is 6.54 Å². The van der Waals surface area contributed by atoms with Crippen LogP contribution in [0.2, 0.25) is 0 Å². The van der Waals surface area contributed by atoms with E-state index in [-0.39, 0.29) is 17.2 Å². The highest BCUT2D eigenvalue weighted by Crippen LogP contribution is 2.31. The number of ether oxygens (including phenoxy) is 2. The van der Waals surface area contributed by atoms with Gasteiger partial charge in [-0.1, -0.05) is 6.08 Å². The molecule has 1 aliphatic rings. The minimum atomic E-state index is -0.528. The monoisotopic (exact) mass is 346 g/mol. The molecule has 0 unspecified atom stereocenters. The van der Waals surface area contributed by atoms with Gasteiger partial charge in [0.05, 0.1) is 14.2 Å². The van der Waals surface area contributed by atoms with Crippen molar-refractivity contribution in [1.82, 2.24) is 10.2 Å². The minimum Gasteiger partial charge on any atom is -0.493 e. The standard InChI is InChI=1S/C17H18N2O4S/c1-5-6-19-16(21)12(15(20)18-17(19)24)8-11-9-14(23-4)13(22-3)7-10(11)2/h5,7-9H,1,6H2,2-4H3,(H,18,20,24)/b12-8-. The topological polar surface area (TPSA) is 67.9 Å². The molecule has 6 nitrogen and oxygen atoms in total. The van der Waals surface area contributed by atoms with Crippen LogP contribution in [0, 0.1) is 6.92 Å². The van der Waals surface area contributed by atoms with Gasteiger partial charge >= 0.3 is 0 Å². The van der Waals surface area contributed by atoms with E-state index in [1.165, 1.54) is 18.1 Å². The molecule has 2 rings (SSSR count). The number of carbonyl (C=O) groups excluding carboxylic acids is 2. The number of thiocarbonyl (C=S) groups is 1. The van der Waals surface area contributed by atoms with Gasteiger partial charge in [-0.2, -0.15) is 0 Å². The van der Waals surface area contributed by atoms with Crippen molar-refractivity contribution in [2.24, 2.45) is 0 Å². The van der Waals surface area contributed by atoms with Crippen LogP contribution in [-0.2, 0) is 9.59 Å². The van der Waals surface area contributed by atoms with Crippen LogP contribution in [0.25, 0.3) is 6.08 Å². The van der Waals surface area contributed by atoms with Crippen molar-refractivity contribution in [2.45, 2.75) is 6.92 Å². The molecular weight excluding hydrogens is 328 g/mol. The molecule has 24 heavy (non-hydrogen) atoms. The Kier molecular flexibility index (Phi) is 5.35. The van der Waals surface area contributed by atoms with Crippen LogP contribution in [0.15, 0.2) is 30.4 Å². The number of nitrogens with zero attached hydrogens (tertiary/aromatic N) is 1. The second-order valence-electron chi connectivity index (χ2n) is 5.09. The molecular formula is C17H18N2O4S. The first kappa shape index (κ1) is 17.7. The maximum Gasteiger partial charge on any atom is 0.265 e. The third kappa shape index (κ3) is 3.30. The van der Waals surface area contributed by atoms with Crippen molar-refractivity contribution < 1.29 is 19.1 Å². The van der Waals surface area contributed by atoms with E-state index in [9.17, 15) is 9.59 Å². The Balaban J connectivity index is 2.49. The van der Waals surface area contributed by atoms with Gasteiger partial charge in [-0.15, -0.1) is 6.58 Å². The predicted molar refractivity (Wildman–Crippen MR) is 94.9 cm³/mol. The lowest BCUT2D eigenvalue weighted by molar-refractivity contribution is -0.128. The molecule has 1 saturated heterocycles. The van der Waals surface area contributed by atoms with Gasteiger partial charge in [0.15, 0.2) is 16.6 Å². The molecule has 1 N–H and O–H groups in total. The normalized spacial score (nSPS) is 16.2. The first-order valence-electron chi connectivity index (χ1n) is 7.15. The zero-order valence-corrected chi connectivity index (χ0v) is 14.5. The van der Waals surface area contributed by atoms with E-state index in [2.05, 4.69) is 11.9 Å². The van der Waals surface area contributed by atoms with Crippen molar-refractivity contribution in [3.63, 3.8) is 0 Å². The summed E-state index contributed by atoms with van der Waals surface area (Å²) in [6.45, 7) is 5.67. The molecule has 1 fully saturated rings. The molecule has 2 amide bonds. The number of methoxy groups -OCH3 is 2. The molecule has 1 aromatic carbocycles. The minimum absolute atomic E-state index is 0.000713. The fourth-order valence-electron chi connectivity index (χ4n) is 2.30. The average Bonchev–Trinajstić information content (AvgIpc) is 2.56. The number of benzene rings is 1. The molecule has 1 aromatic rings. The van der Waals surface area contributed by atoms with Gasteiger partial charge in [-0.25, -0.2) is 0 Å². The number of aryl methyl sites for hydroxylation is 1. The molecule has 0 aliphatic carbocycles. The number of nitrogens with one attached hydrogen (secondary N) is 1. The van der Waals surface area contributed by atoms with E-state index in [0.717, 1.165) is 5.56 Å². The van der Waals surface area contributed by atoms with Crippen LogP contribution in [-0.4, -0.2) is 42.6 Å². The molecule has 0 aromatic heterocycles. The Bertz CT molecular complexity index is 755. The van der Waals surface area contributed by atoms with Crippen LogP contribution in [0.5, 0.6) is 11.5 Å². The van der Waals surface area contributed by atoms with Crippen molar-refractivity contribution in [3.8, 4) is 11.5 Å². The zero-order valence-electron chi connectivity index (χ0n) is 13.7. The fraction of sp³-hybridized carbons (Fsp3) is 0.235. The number of carbonyl (C=O) groups is 2. The van der Waals surface area contributed by atoms with E-state index in [1.807, 2.05) is 6.92 Å². The highest BCUT2D eigenvalue weighted by atomic mass is 32.1. The SMILES string of the molecule is C=CCN1C(=O)/C(=C\c2cc(OC)c(OC)cc2C)C(=O)NC1=S. The van der Waals surface area contributed by atoms with Crippen LogP contribution >= 0.6 is 12.2 Å². The van der Waals surface area contributed by atoms with Crippen LogP contribution in [0.3, 0.4) is 0 Å². The Morgan fingerprint density at radius 2 is 1.88 bits per heavy atom. The lowest BCUT2D eigenvalue weighted by atomic mass is 10.0. The first-order chi connectivity index (χ1) is 11.4. The highest BCUT2D eigenvalue weighted by molar-refractivity contribution is 7.80. The number of amides is 2. The van der Waals surface area contributed by atoms with Crippen molar-refractivity contribution in [2.75, 3.05) is 20.8 Å². The lowest BCUT2D eigenvalue weighted by Crippen LogP contribution is -2.53. The fourth-order valence-corrected chi connectivity index (χ4v) is 2.55. The molecule has 0 bridgehead atoms. The predicted octanol–water partition coefficient (Wildman–Crippen LogP) is 1.82. The smallest absolute Gasteiger partial charge is 0.265 e. The second kappa shape index (κ2) is 7.27. The van der Waals surface area contributed by atoms with Crippen LogP contribution in [0.4, 0.5) is 0 Å². The van der Waals surface area contributed by atoms with E-state index in [4.69, 9.17) is 21.7 Å². The number of hydrogen-bond acceptors (Lipinski definition) is 5. The summed E-state index contributed by atoms with van der Waals surface area (Å²) in [7, 11) is 3.06. The van der Waals surface area contributed by atoms with Crippen molar-refractivity contribution >= 4 is 35.2 Å².